The summed E-state index contributed by atoms with van der Waals surface area (Å²) in [4.78, 5) is 24.5. The van der Waals surface area contributed by atoms with Crippen molar-refractivity contribution in [3.05, 3.63) is 53.8 Å². The topological polar surface area (TPSA) is 89.5 Å². The van der Waals surface area contributed by atoms with E-state index in [2.05, 4.69) is 10.4 Å². The van der Waals surface area contributed by atoms with Crippen LogP contribution >= 0.6 is 0 Å². The van der Waals surface area contributed by atoms with Gasteiger partial charge in [-0.1, -0.05) is 12.1 Å². The molecule has 2 aromatic rings. The second kappa shape index (κ2) is 8.81. The van der Waals surface area contributed by atoms with Crippen LogP contribution in [0.4, 0.5) is 4.39 Å². The van der Waals surface area contributed by atoms with E-state index in [4.69, 9.17) is 14.2 Å². The quantitative estimate of drug-likeness (QED) is 0.703. The largest absolute Gasteiger partial charge is 0.492 e. The summed E-state index contributed by atoms with van der Waals surface area (Å²) in [6, 6.07) is 11.1. The summed E-state index contributed by atoms with van der Waals surface area (Å²) in [7, 11) is 0. The van der Waals surface area contributed by atoms with E-state index < -0.39 is 0 Å². The Kier molecular flexibility index (Phi) is 5.78. The van der Waals surface area contributed by atoms with Gasteiger partial charge in [0.2, 0.25) is 12.7 Å². The van der Waals surface area contributed by atoms with Crippen molar-refractivity contribution in [3.8, 4) is 17.2 Å². The molecule has 0 saturated heterocycles. The van der Waals surface area contributed by atoms with E-state index in [0.717, 1.165) is 5.56 Å². The molecule has 0 fully saturated rings. The van der Waals surface area contributed by atoms with Crippen molar-refractivity contribution in [2.75, 3.05) is 19.9 Å². The fraction of sp³-hybridized carbons (Fsp3) is 0.286. The number of carbonyl (C=O) groups is 2. The molecule has 2 aliphatic heterocycles. The maximum Gasteiger partial charge on any atom is 0.267 e. The Labute approximate surface area is 172 Å². The van der Waals surface area contributed by atoms with Gasteiger partial charge >= 0.3 is 0 Å². The molecule has 0 spiro atoms. The highest BCUT2D eigenvalue weighted by Gasteiger charge is 2.24. The second-order valence-corrected chi connectivity index (χ2v) is 6.74. The molecule has 2 aliphatic rings. The molecule has 9 heteroatoms. The fourth-order valence-electron chi connectivity index (χ4n) is 3.05. The van der Waals surface area contributed by atoms with E-state index in [1.165, 1.54) is 17.1 Å². The third-order valence-corrected chi connectivity index (χ3v) is 4.61. The number of carbonyl (C=O) groups excluding carboxylic acids is 2. The number of ether oxygens (including phenoxy) is 3. The molecule has 2 amide bonds. The normalized spacial score (nSPS) is 15.0. The summed E-state index contributed by atoms with van der Waals surface area (Å²) in [6.45, 7) is 0.913. The minimum atomic E-state index is -0.352. The predicted molar refractivity (Wildman–Crippen MR) is 105 cm³/mol. The highest BCUT2D eigenvalue weighted by Crippen LogP contribution is 2.34. The first-order chi connectivity index (χ1) is 14.6. The summed E-state index contributed by atoms with van der Waals surface area (Å²) in [5, 5.41) is 8.17. The molecule has 8 nitrogen and oxygen atoms in total. The van der Waals surface area contributed by atoms with Gasteiger partial charge in [-0.2, -0.15) is 5.10 Å². The fourth-order valence-corrected chi connectivity index (χ4v) is 3.05. The summed E-state index contributed by atoms with van der Waals surface area (Å²) in [5.41, 5.74) is 1.01. The van der Waals surface area contributed by atoms with E-state index in [-0.39, 0.29) is 62.7 Å². The third-order valence-electron chi connectivity index (χ3n) is 4.61. The molecule has 0 aliphatic carbocycles. The molecular weight excluding hydrogens is 393 g/mol. The number of halogens is 1. The van der Waals surface area contributed by atoms with Crippen LogP contribution in [0.1, 0.15) is 18.4 Å². The maximum absolute atomic E-state index is 13.0. The number of benzene rings is 2. The van der Waals surface area contributed by atoms with Gasteiger partial charge in [-0.25, -0.2) is 9.40 Å². The molecule has 0 bridgehead atoms. The predicted octanol–water partition coefficient (Wildman–Crippen LogP) is 2.23. The lowest BCUT2D eigenvalue weighted by Crippen LogP contribution is -2.40. The standard InChI is InChI=1S/C21H20FN3O5/c22-15-3-1-14(2-4-15)12-25-20(26)8-6-17(24-25)21(27)23-9-10-28-16-5-7-18-19(11-16)30-13-29-18/h1-5,7,11H,6,8-10,12-13H2,(H,23,27). The van der Waals surface area contributed by atoms with Crippen LogP contribution in [0.2, 0.25) is 0 Å². The first kappa shape index (κ1) is 19.7. The van der Waals surface area contributed by atoms with Crippen molar-refractivity contribution in [1.82, 2.24) is 10.3 Å². The van der Waals surface area contributed by atoms with E-state index >= 15 is 0 Å². The van der Waals surface area contributed by atoms with Crippen LogP contribution < -0.4 is 19.5 Å². The number of nitrogens with one attached hydrogen (secondary N) is 1. The lowest BCUT2D eigenvalue weighted by molar-refractivity contribution is -0.132. The average molecular weight is 413 g/mol. The number of hydrogen-bond acceptors (Lipinski definition) is 6. The summed E-state index contributed by atoms with van der Waals surface area (Å²) < 4.78 is 29.2. The van der Waals surface area contributed by atoms with Crippen LogP contribution in [-0.4, -0.2) is 42.5 Å². The average Bonchev–Trinajstić information content (AvgIpc) is 3.22. The van der Waals surface area contributed by atoms with Gasteiger partial charge in [-0.3, -0.25) is 9.59 Å². The SMILES string of the molecule is O=C(NCCOc1ccc2c(c1)OCO2)C1=NN(Cc2ccc(F)cc2)C(=O)CC1. The number of fused-ring (bicyclic) bond motifs is 1. The molecule has 2 heterocycles. The van der Waals surface area contributed by atoms with Gasteiger partial charge in [0, 0.05) is 18.9 Å². The van der Waals surface area contributed by atoms with E-state index in [1.54, 1.807) is 30.3 Å². The van der Waals surface area contributed by atoms with Crippen LogP contribution in [0, 0.1) is 5.82 Å². The zero-order chi connectivity index (χ0) is 20.9. The number of amides is 2. The van der Waals surface area contributed by atoms with Crippen LogP contribution in [0.5, 0.6) is 17.2 Å². The van der Waals surface area contributed by atoms with Crippen LogP contribution in [0.15, 0.2) is 47.6 Å². The van der Waals surface area contributed by atoms with Crippen molar-refractivity contribution in [2.24, 2.45) is 5.10 Å². The Morgan fingerprint density at radius 3 is 2.77 bits per heavy atom. The number of nitrogens with zero attached hydrogens (tertiary/aromatic N) is 2. The highest BCUT2D eigenvalue weighted by molar-refractivity contribution is 6.39. The van der Waals surface area contributed by atoms with Gasteiger partial charge in [0.1, 0.15) is 23.9 Å². The molecule has 0 saturated carbocycles. The van der Waals surface area contributed by atoms with Crippen molar-refractivity contribution in [1.29, 1.82) is 0 Å². The number of hydrazone groups is 1. The first-order valence-corrected chi connectivity index (χ1v) is 9.51. The van der Waals surface area contributed by atoms with Crippen molar-refractivity contribution in [2.45, 2.75) is 19.4 Å². The lowest BCUT2D eigenvalue weighted by atomic mass is 10.1. The highest BCUT2D eigenvalue weighted by atomic mass is 19.1. The molecule has 0 radical (unpaired) electrons. The minimum absolute atomic E-state index is 0.179. The molecule has 30 heavy (non-hydrogen) atoms. The molecule has 0 aromatic heterocycles. The molecule has 156 valence electrons. The Bertz CT molecular complexity index is 977. The molecule has 2 aromatic carbocycles. The lowest BCUT2D eigenvalue weighted by Gasteiger charge is -2.23. The Morgan fingerprint density at radius 1 is 1.13 bits per heavy atom. The first-order valence-electron chi connectivity index (χ1n) is 9.51. The van der Waals surface area contributed by atoms with Crippen molar-refractivity contribution in [3.63, 3.8) is 0 Å². The monoisotopic (exact) mass is 413 g/mol. The molecular formula is C21H20FN3O5. The maximum atomic E-state index is 13.0. The molecule has 0 atom stereocenters. The van der Waals surface area contributed by atoms with Gasteiger partial charge in [-0.05, 0) is 29.8 Å². The summed E-state index contributed by atoms with van der Waals surface area (Å²) in [5.74, 6) is 1.03. The van der Waals surface area contributed by atoms with Crippen molar-refractivity contribution >= 4 is 17.5 Å². The second-order valence-electron chi connectivity index (χ2n) is 6.74. The van der Waals surface area contributed by atoms with Gasteiger partial charge in [-0.15, -0.1) is 0 Å². The molecule has 0 unspecified atom stereocenters. The van der Waals surface area contributed by atoms with Crippen LogP contribution in [0.3, 0.4) is 0 Å². The van der Waals surface area contributed by atoms with Gasteiger partial charge in [0.05, 0.1) is 13.1 Å². The smallest absolute Gasteiger partial charge is 0.267 e. The van der Waals surface area contributed by atoms with Crippen LogP contribution in [0.25, 0.3) is 0 Å². The van der Waals surface area contributed by atoms with Gasteiger partial charge in [0.25, 0.3) is 5.91 Å². The van der Waals surface area contributed by atoms with E-state index in [1.807, 2.05) is 0 Å². The third kappa shape index (κ3) is 4.68. The zero-order valence-electron chi connectivity index (χ0n) is 16.1. The Morgan fingerprint density at radius 2 is 1.93 bits per heavy atom. The van der Waals surface area contributed by atoms with Gasteiger partial charge in [0.15, 0.2) is 11.5 Å². The number of hydrogen-bond donors (Lipinski definition) is 1. The van der Waals surface area contributed by atoms with Crippen LogP contribution in [-0.2, 0) is 16.1 Å². The van der Waals surface area contributed by atoms with E-state index in [9.17, 15) is 14.0 Å². The molecule has 4 rings (SSSR count). The molecule has 1 N–H and O–H groups in total. The Hall–Kier alpha value is -3.62. The summed E-state index contributed by atoms with van der Waals surface area (Å²) >= 11 is 0. The minimum Gasteiger partial charge on any atom is -0.492 e. The number of rotatable bonds is 7. The Balaban J connectivity index is 1.28. The summed E-state index contributed by atoms with van der Waals surface area (Å²) in [6.07, 6.45) is 0.467. The van der Waals surface area contributed by atoms with Crippen molar-refractivity contribution < 1.29 is 28.2 Å². The zero-order valence-corrected chi connectivity index (χ0v) is 16.1. The van der Waals surface area contributed by atoms with Gasteiger partial charge < -0.3 is 19.5 Å². The van der Waals surface area contributed by atoms with E-state index in [0.29, 0.717) is 17.2 Å².